The van der Waals surface area contributed by atoms with Crippen molar-refractivity contribution in [1.29, 1.82) is 0 Å². The zero-order valence-electron chi connectivity index (χ0n) is 11.3. The first kappa shape index (κ1) is 14.6. The molecule has 3 heteroatoms. The molecule has 0 atom stereocenters. The Balaban J connectivity index is 3.09. The minimum atomic E-state index is -0.938. The number of hydrogen-bond donors (Lipinski definition) is 2. The summed E-state index contributed by atoms with van der Waals surface area (Å²) in [6.07, 6.45) is 6.25. The first-order chi connectivity index (χ1) is 8.61. The third-order valence-corrected chi connectivity index (χ3v) is 3.26. The second-order valence-corrected chi connectivity index (χ2v) is 4.68. The van der Waals surface area contributed by atoms with Crippen molar-refractivity contribution < 1.29 is 9.90 Å². The average molecular weight is 249 g/mol. The van der Waals surface area contributed by atoms with Crippen LogP contribution in [0.15, 0.2) is 12.1 Å². The fourth-order valence-electron chi connectivity index (χ4n) is 2.15. The van der Waals surface area contributed by atoms with Crippen LogP contribution in [-0.2, 0) is 12.8 Å². The first-order valence-electron chi connectivity index (χ1n) is 6.75. The first-order valence-corrected chi connectivity index (χ1v) is 6.75. The molecule has 0 bridgehead atoms. The van der Waals surface area contributed by atoms with Gasteiger partial charge in [-0.1, -0.05) is 32.8 Å². The molecule has 1 aromatic carbocycles. The Morgan fingerprint density at radius 3 is 2.33 bits per heavy atom. The smallest absolute Gasteiger partial charge is 0.337 e. The highest BCUT2D eigenvalue weighted by Crippen LogP contribution is 2.25. The van der Waals surface area contributed by atoms with E-state index >= 15 is 0 Å². The average Bonchev–Trinajstić information content (AvgIpc) is 2.34. The maximum atomic E-state index is 11.1. The molecule has 3 nitrogen and oxygen atoms in total. The number of carboxylic acids is 1. The predicted molar refractivity (Wildman–Crippen MR) is 75.0 cm³/mol. The van der Waals surface area contributed by atoms with Gasteiger partial charge in [-0.3, -0.25) is 0 Å². The van der Waals surface area contributed by atoms with E-state index in [1.165, 1.54) is 5.56 Å². The number of anilines is 1. The van der Waals surface area contributed by atoms with Crippen molar-refractivity contribution in [2.24, 2.45) is 0 Å². The maximum absolute atomic E-state index is 11.1. The maximum Gasteiger partial charge on any atom is 0.337 e. The van der Waals surface area contributed by atoms with E-state index in [0.717, 1.165) is 44.1 Å². The molecule has 0 spiro atoms. The molecule has 0 aliphatic heterocycles. The van der Waals surface area contributed by atoms with Gasteiger partial charge in [-0.2, -0.15) is 0 Å². The number of nitrogens with two attached hydrogens (primary N) is 1. The van der Waals surface area contributed by atoms with Crippen LogP contribution in [-0.4, -0.2) is 11.1 Å². The number of hydrogen-bond acceptors (Lipinski definition) is 2. The number of carbonyl (C=O) groups is 1. The molecule has 0 aliphatic carbocycles. The predicted octanol–water partition coefficient (Wildman–Crippen LogP) is 3.65. The fraction of sp³-hybridized carbons (Fsp3) is 0.533. The molecule has 100 valence electrons. The van der Waals surface area contributed by atoms with E-state index in [0.29, 0.717) is 5.69 Å². The van der Waals surface area contributed by atoms with Gasteiger partial charge in [0, 0.05) is 5.69 Å². The molecule has 3 N–H and O–H groups in total. The lowest BCUT2D eigenvalue weighted by molar-refractivity contribution is 0.0698. The number of rotatable bonds is 7. The lowest BCUT2D eigenvalue weighted by atomic mass is 9.93. The topological polar surface area (TPSA) is 63.3 Å². The summed E-state index contributed by atoms with van der Waals surface area (Å²) >= 11 is 0. The highest BCUT2D eigenvalue weighted by molar-refractivity contribution is 5.94. The van der Waals surface area contributed by atoms with Gasteiger partial charge in [0.1, 0.15) is 0 Å². The largest absolute Gasteiger partial charge is 0.478 e. The molecule has 1 aromatic rings. The zero-order chi connectivity index (χ0) is 13.5. The van der Waals surface area contributed by atoms with Crippen LogP contribution in [0, 0.1) is 0 Å². The van der Waals surface area contributed by atoms with E-state index in [-0.39, 0.29) is 5.56 Å². The summed E-state index contributed by atoms with van der Waals surface area (Å²) in [5.74, 6) is -0.938. The van der Waals surface area contributed by atoms with Crippen LogP contribution in [0.2, 0.25) is 0 Å². The summed E-state index contributed by atoms with van der Waals surface area (Å²) < 4.78 is 0. The quantitative estimate of drug-likeness (QED) is 0.725. The number of unbranched alkanes of at least 4 members (excludes halogenated alkanes) is 2. The van der Waals surface area contributed by atoms with E-state index < -0.39 is 5.97 Å². The monoisotopic (exact) mass is 249 g/mol. The molecule has 0 aromatic heterocycles. The van der Waals surface area contributed by atoms with Gasteiger partial charge in [0.15, 0.2) is 0 Å². The molecule has 0 fully saturated rings. The van der Waals surface area contributed by atoms with Crippen LogP contribution < -0.4 is 5.73 Å². The molecule has 1 rings (SSSR count). The molecule has 0 unspecified atom stereocenters. The van der Waals surface area contributed by atoms with Gasteiger partial charge in [0.05, 0.1) is 5.56 Å². The minimum absolute atomic E-state index is 0.237. The van der Waals surface area contributed by atoms with Crippen molar-refractivity contribution in [3.05, 3.63) is 28.8 Å². The van der Waals surface area contributed by atoms with Crippen LogP contribution in [0.5, 0.6) is 0 Å². The van der Waals surface area contributed by atoms with Gasteiger partial charge in [-0.05, 0) is 42.9 Å². The van der Waals surface area contributed by atoms with E-state index in [1.807, 2.05) is 6.07 Å². The fourth-order valence-corrected chi connectivity index (χ4v) is 2.15. The summed E-state index contributed by atoms with van der Waals surface area (Å²) in [5, 5.41) is 9.10. The number of nitrogen functional groups attached to an aromatic ring is 1. The zero-order valence-corrected chi connectivity index (χ0v) is 11.3. The summed E-state index contributed by atoms with van der Waals surface area (Å²) in [7, 11) is 0. The standard InChI is InChI=1S/C15H23NO2/c1-3-5-7-11-9-10-13(15(17)18)14(16)12(11)8-6-4-2/h9-10H,3-8,16H2,1-2H3,(H,17,18). The highest BCUT2D eigenvalue weighted by Gasteiger charge is 2.14. The molecule has 0 amide bonds. The van der Waals surface area contributed by atoms with Crippen molar-refractivity contribution in [3.8, 4) is 0 Å². The lowest BCUT2D eigenvalue weighted by Crippen LogP contribution is -2.08. The number of aromatic carboxylic acids is 1. The Labute approximate surface area is 109 Å². The van der Waals surface area contributed by atoms with E-state index in [1.54, 1.807) is 6.07 Å². The third-order valence-electron chi connectivity index (χ3n) is 3.26. The molecule has 0 radical (unpaired) electrons. The summed E-state index contributed by atoms with van der Waals surface area (Å²) in [4.78, 5) is 11.1. The number of benzene rings is 1. The molecule has 0 heterocycles. The van der Waals surface area contributed by atoms with Gasteiger partial charge in [-0.15, -0.1) is 0 Å². The number of carboxylic acid groups (broad SMARTS) is 1. The molecule has 0 saturated heterocycles. The Kier molecular flexibility index (Phi) is 5.69. The van der Waals surface area contributed by atoms with E-state index in [4.69, 9.17) is 10.8 Å². The van der Waals surface area contributed by atoms with Crippen molar-refractivity contribution in [1.82, 2.24) is 0 Å². The second kappa shape index (κ2) is 7.04. The van der Waals surface area contributed by atoms with Gasteiger partial charge in [0.2, 0.25) is 0 Å². The number of aryl methyl sites for hydroxylation is 1. The van der Waals surface area contributed by atoms with Gasteiger partial charge >= 0.3 is 5.97 Å². The van der Waals surface area contributed by atoms with Crippen LogP contribution >= 0.6 is 0 Å². The normalized spacial score (nSPS) is 10.6. The van der Waals surface area contributed by atoms with Crippen molar-refractivity contribution >= 4 is 11.7 Å². The van der Waals surface area contributed by atoms with Crippen molar-refractivity contribution in [3.63, 3.8) is 0 Å². The van der Waals surface area contributed by atoms with Crippen LogP contribution in [0.3, 0.4) is 0 Å². The molecule has 18 heavy (non-hydrogen) atoms. The van der Waals surface area contributed by atoms with Gasteiger partial charge in [0.25, 0.3) is 0 Å². The van der Waals surface area contributed by atoms with Gasteiger partial charge < -0.3 is 10.8 Å². The Morgan fingerprint density at radius 2 is 1.78 bits per heavy atom. The molecular formula is C15H23NO2. The highest BCUT2D eigenvalue weighted by atomic mass is 16.4. The molecule has 0 aliphatic rings. The lowest BCUT2D eigenvalue weighted by Gasteiger charge is -2.14. The van der Waals surface area contributed by atoms with Gasteiger partial charge in [-0.25, -0.2) is 4.79 Å². The second-order valence-electron chi connectivity index (χ2n) is 4.68. The summed E-state index contributed by atoms with van der Waals surface area (Å²) in [6, 6.07) is 3.57. The Hall–Kier alpha value is -1.51. The van der Waals surface area contributed by atoms with E-state index in [2.05, 4.69) is 13.8 Å². The van der Waals surface area contributed by atoms with Crippen LogP contribution in [0.25, 0.3) is 0 Å². The van der Waals surface area contributed by atoms with Crippen LogP contribution in [0.1, 0.15) is 61.0 Å². The summed E-state index contributed by atoms with van der Waals surface area (Å²) in [5.41, 5.74) is 8.98. The van der Waals surface area contributed by atoms with E-state index in [9.17, 15) is 4.79 Å². The van der Waals surface area contributed by atoms with Crippen LogP contribution in [0.4, 0.5) is 5.69 Å². The SMILES string of the molecule is CCCCc1ccc(C(=O)O)c(N)c1CCCC. The van der Waals surface area contributed by atoms with Crippen molar-refractivity contribution in [2.75, 3.05) is 5.73 Å². The summed E-state index contributed by atoms with van der Waals surface area (Å²) in [6.45, 7) is 4.28. The molecule has 0 saturated carbocycles. The Morgan fingerprint density at radius 1 is 1.17 bits per heavy atom. The molecular weight excluding hydrogens is 226 g/mol. The third kappa shape index (κ3) is 3.49. The van der Waals surface area contributed by atoms with Crippen molar-refractivity contribution in [2.45, 2.75) is 52.4 Å². The minimum Gasteiger partial charge on any atom is -0.478 e. The Bertz CT molecular complexity index is 413.